The van der Waals surface area contributed by atoms with Crippen LogP contribution < -0.4 is 0 Å². The maximum absolute atomic E-state index is 12.5. The molecule has 2 atom stereocenters. The van der Waals surface area contributed by atoms with Crippen molar-refractivity contribution >= 4 is 11.1 Å². The van der Waals surface area contributed by atoms with E-state index in [0.29, 0.717) is 6.42 Å². The monoisotopic (exact) mass is 216 g/mol. The molecule has 0 fully saturated rings. The predicted molar refractivity (Wildman–Crippen MR) is 54.9 cm³/mol. The molecule has 0 saturated heterocycles. The Hall–Kier alpha value is -0.740. The van der Waals surface area contributed by atoms with Gasteiger partial charge < -0.3 is 4.55 Å². The van der Waals surface area contributed by atoms with E-state index in [9.17, 15) is 8.60 Å². The molecule has 0 aliphatic rings. The summed E-state index contributed by atoms with van der Waals surface area (Å²) in [4.78, 5) is 0. The Balaban J connectivity index is 2.51. The molecule has 78 valence electrons. The summed E-state index contributed by atoms with van der Waals surface area (Å²) in [5.74, 6) is 0.135. The molecule has 0 aliphatic carbocycles. The number of halogens is 1. The number of rotatable bonds is 4. The van der Waals surface area contributed by atoms with E-state index in [2.05, 4.69) is 0 Å². The van der Waals surface area contributed by atoms with E-state index >= 15 is 0 Å². The Bertz CT molecular complexity index is 310. The third kappa shape index (κ3) is 3.98. The van der Waals surface area contributed by atoms with Crippen LogP contribution in [0.15, 0.2) is 24.3 Å². The van der Waals surface area contributed by atoms with Gasteiger partial charge in [0, 0.05) is 0 Å². The Morgan fingerprint density at radius 2 is 2.00 bits per heavy atom. The largest absolute Gasteiger partial charge is 0.306 e. The van der Waals surface area contributed by atoms with Gasteiger partial charge >= 0.3 is 0 Å². The molecular formula is C10H13FO2S. The fraction of sp³-hybridized carbons (Fsp3) is 0.400. The average Bonchev–Trinajstić information content (AvgIpc) is 2.07. The second kappa shape index (κ2) is 5.22. The minimum Gasteiger partial charge on any atom is -0.306 e. The van der Waals surface area contributed by atoms with Crippen LogP contribution in [0, 0.1) is 11.7 Å². The zero-order chi connectivity index (χ0) is 10.6. The first-order valence-electron chi connectivity index (χ1n) is 4.40. The SMILES string of the molecule is CC(Cc1ccc(F)cc1)CS(=O)O. The molecule has 2 nitrogen and oxygen atoms in total. The van der Waals surface area contributed by atoms with Gasteiger partial charge in [-0.05, 0) is 30.0 Å². The zero-order valence-corrected chi connectivity index (χ0v) is 8.76. The first-order chi connectivity index (χ1) is 6.58. The highest BCUT2D eigenvalue weighted by Gasteiger charge is 2.06. The van der Waals surface area contributed by atoms with Crippen molar-refractivity contribution in [3.63, 3.8) is 0 Å². The van der Waals surface area contributed by atoms with Crippen molar-refractivity contribution < 1.29 is 13.2 Å². The second-order valence-corrected chi connectivity index (χ2v) is 4.40. The third-order valence-electron chi connectivity index (χ3n) is 1.92. The van der Waals surface area contributed by atoms with Crippen LogP contribution >= 0.6 is 0 Å². The Labute approximate surface area is 85.4 Å². The van der Waals surface area contributed by atoms with E-state index in [4.69, 9.17) is 4.55 Å². The third-order valence-corrected chi connectivity index (χ3v) is 2.78. The van der Waals surface area contributed by atoms with Crippen molar-refractivity contribution in [3.8, 4) is 0 Å². The molecule has 0 spiro atoms. The molecule has 0 aromatic heterocycles. The van der Waals surface area contributed by atoms with Gasteiger partial charge in [0.2, 0.25) is 0 Å². The average molecular weight is 216 g/mol. The fourth-order valence-electron chi connectivity index (χ4n) is 1.33. The van der Waals surface area contributed by atoms with Gasteiger partial charge in [0.1, 0.15) is 5.82 Å². The lowest BCUT2D eigenvalue weighted by Crippen LogP contribution is -2.09. The highest BCUT2D eigenvalue weighted by Crippen LogP contribution is 2.10. The number of hydrogen-bond acceptors (Lipinski definition) is 1. The molecule has 1 rings (SSSR count). The van der Waals surface area contributed by atoms with Crippen LogP contribution in [0.4, 0.5) is 4.39 Å². The van der Waals surface area contributed by atoms with Crippen molar-refractivity contribution in [3.05, 3.63) is 35.6 Å². The maximum Gasteiger partial charge on any atom is 0.153 e. The minimum absolute atomic E-state index is 0.131. The van der Waals surface area contributed by atoms with Crippen molar-refractivity contribution in [2.24, 2.45) is 5.92 Å². The van der Waals surface area contributed by atoms with Gasteiger partial charge in [0.25, 0.3) is 0 Å². The van der Waals surface area contributed by atoms with E-state index in [0.717, 1.165) is 5.56 Å². The van der Waals surface area contributed by atoms with Crippen LogP contribution in [0.25, 0.3) is 0 Å². The topological polar surface area (TPSA) is 37.3 Å². The summed E-state index contributed by atoms with van der Waals surface area (Å²) in [5.41, 5.74) is 0.990. The zero-order valence-electron chi connectivity index (χ0n) is 7.94. The number of hydrogen-bond donors (Lipinski definition) is 1. The first-order valence-corrected chi connectivity index (χ1v) is 5.67. The summed E-state index contributed by atoms with van der Waals surface area (Å²) in [6, 6.07) is 6.20. The lowest BCUT2D eigenvalue weighted by atomic mass is 10.0. The molecule has 4 heteroatoms. The van der Waals surface area contributed by atoms with Gasteiger partial charge in [-0.25, -0.2) is 8.60 Å². The molecule has 14 heavy (non-hydrogen) atoms. The van der Waals surface area contributed by atoms with Crippen LogP contribution in [-0.2, 0) is 17.5 Å². The lowest BCUT2D eigenvalue weighted by Gasteiger charge is -2.08. The molecular weight excluding hydrogens is 203 g/mol. The van der Waals surface area contributed by atoms with Gasteiger partial charge in [0.05, 0.1) is 5.75 Å². The normalized spacial score (nSPS) is 15.1. The number of benzene rings is 1. The van der Waals surface area contributed by atoms with Gasteiger partial charge in [-0.15, -0.1) is 0 Å². The highest BCUT2D eigenvalue weighted by atomic mass is 32.2. The van der Waals surface area contributed by atoms with Gasteiger partial charge in [-0.1, -0.05) is 19.1 Å². The maximum atomic E-state index is 12.5. The summed E-state index contributed by atoms with van der Waals surface area (Å²) in [7, 11) is 0. The van der Waals surface area contributed by atoms with E-state index in [1.54, 1.807) is 12.1 Å². The minimum atomic E-state index is -1.75. The van der Waals surface area contributed by atoms with E-state index in [-0.39, 0.29) is 17.5 Å². The molecule has 0 saturated carbocycles. The van der Waals surface area contributed by atoms with Crippen LogP contribution in [0.5, 0.6) is 0 Å². The molecule has 0 radical (unpaired) electrons. The molecule has 1 N–H and O–H groups in total. The van der Waals surface area contributed by atoms with Crippen molar-refractivity contribution in [1.82, 2.24) is 0 Å². The van der Waals surface area contributed by atoms with Gasteiger partial charge in [0.15, 0.2) is 11.1 Å². The predicted octanol–water partition coefficient (Wildman–Crippen LogP) is 2.23. The van der Waals surface area contributed by atoms with Crippen LogP contribution in [0.1, 0.15) is 12.5 Å². The smallest absolute Gasteiger partial charge is 0.153 e. The second-order valence-electron chi connectivity index (χ2n) is 3.42. The first kappa shape index (κ1) is 11.3. The quantitative estimate of drug-likeness (QED) is 0.784. The van der Waals surface area contributed by atoms with Crippen LogP contribution in [0.3, 0.4) is 0 Å². The van der Waals surface area contributed by atoms with E-state index in [1.165, 1.54) is 12.1 Å². The fourth-order valence-corrected chi connectivity index (χ4v) is 1.93. The Kier molecular flexibility index (Phi) is 4.22. The van der Waals surface area contributed by atoms with Gasteiger partial charge in [-0.3, -0.25) is 0 Å². The molecule has 0 amide bonds. The molecule has 0 aliphatic heterocycles. The van der Waals surface area contributed by atoms with E-state index in [1.807, 2.05) is 6.92 Å². The molecule has 1 aromatic rings. The van der Waals surface area contributed by atoms with Crippen LogP contribution in [0.2, 0.25) is 0 Å². The standard InChI is InChI=1S/C10H13FO2S/c1-8(7-14(12)13)6-9-2-4-10(11)5-3-9/h2-5,8H,6-7H2,1H3,(H,12,13). The molecule has 0 heterocycles. The van der Waals surface area contributed by atoms with Crippen molar-refractivity contribution in [2.75, 3.05) is 5.75 Å². The summed E-state index contributed by atoms with van der Waals surface area (Å²) >= 11 is -1.75. The van der Waals surface area contributed by atoms with Crippen molar-refractivity contribution in [2.45, 2.75) is 13.3 Å². The van der Waals surface area contributed by atoms with E-state index < -0.39 is 11.1 Å². The molecule has 1 aromatic carbocycles. The lowest BCUT2D eigenvalue weighted by molar-refractivity contribution is 0.542. The Morgan fingerprint density at radius 1 is 1.43 bits per heavy atom. The van der Waals surface area contributed by atoms with Crippen LogP contribution in [-0.4, -0.2) is 14.5 Å². The molecule has 0 bridgehead atoms. The van der Waals surface area contributed by atoms with Gasteiger partial charge in [-0.2, -0.15) is 0 Å². The molecule has 2 unspecified atom stereocenters. The van der Waals surface area contributed by atoms with Crippen molar-refractivity contribution in [1.29, 1.82) is 0 Å². The Morgan fingerprint density at radius 3 is 2.50 bits per heavy atom. The summed E-state index contributed by atoms with van der Waals surface area (Å²) in [6.45, 7) is 1.90. The summed E-state index contributed by atoms with van der Waals surface area (Å²) in [6.07, 6.45) is 0.701. The summed E-state index contributed by atoms with van der Waals surface area (Å²) < 4.78 is 31.7. The highest BCUT2D eigenvalue weighted by molar-refractivity contribution is 7.79. The summed E-state index contributed by atoms with van der Waals surface area (Å²) in [5, 5.41) is 0.